The Morgan fingerprint density at radius 3 is 1.77 bits per heavy atom. The molecular formula is C49H50Cl3F6N9O11S2. The van der Waals surface area contributed by atoms with E-state index in [1.807, 2.05) is 56.9 Å². The maximum Gasteiger partial charge on any atom is 0.416 e. The number of carbonyl (C=O) groups is 1. The number of non-ortho nitro benzene ring substituents is 1. The molecule has 0 fully saturated rings. The highest BCUT2D eigenvalue weighted by atomic mass is 35.5. The van der Waals surface area contributed by atoms with Crippen molar-refractivity contribution in [2.75, 3.05) is 43.4 Å². The number of hydrogen-bond donors (Lipinski definition) is 2. The van der Waals surface area contributed by atoms with Gasteiger partial charge in [0.1, 0.15) is 16.5 Å². The van der Waals surface area contributed by atoms with E-state index in [2.05, 4.69) is 10.4 Å². The third-order valence-electron chi connectivity index (χ3n) is 10.5. The van der Waals surface area contributed by atoms with Crippen molar-refractivity contribution in [2.24, 2.45) is 5.14 Å². The van der Waals surface area contributed by atoms with Crippen molar-refractivity contribution in [3.63, 3.8) is 0 Å². The predicted octanol–water partition coefficient (Wildman–Crippen LogP) is 13.8. The summed E-state index contributed by atoms with van der Waals surface area (Å²) in [5, 5.41) is 45.0. The SMILES string of the molecule is CCCN(CCC)c1c([N+](=O)[O-])cc(S(N)(=O)=O)cc1[N+](=O)[O-].CCN(CC)C(=O)SCc1ccccc1Cl.CNc1cnn(-c2cccc(C(F)(F)F)c2)c(=O)c1Cl.O=[N+]([O-])c1ccc(Oc2ccc(C(F)(F)F)cc2Cl)cc1. The zero-order chi connectivity index (χ0) is 60.3. The van der Waals surface area contributed by atoms with Crippen LogP contribution in [-0.2, 0) is 28.1 Å². The largest absolute Gasteiger partial charge is 0.456 e. The van der Waals surface area contributed by atoms with Crippen LogP contribution < -0.4 is 25.7 Å². The lowest BCUT2D eigenvalue weighted by Crippen LogP contribution is -2.27. The van der Waals surface area contributed by atoms with Crippen LogP contribution in [0.4, 0.5) is 59.6 Å². The van der Waals surface area contributed by atoms with Gasteiger partial charge >= 0.3 is 23.7 Å². The van der Waals surface area contributed by atoms with Gasteiger partial charge < -0.3 is 19.9 Å². The summed E-state index contributed by atoms with van der Waals surface area (Å²) < 4.78 is 104. The molecule has 1 amide bonds. The molecule has 1 aromatic heterocycles. The molecule has 0 saturated heterocycles. The molecule has 0 saturated carbocycles. The third kappa shape index (κ3) is 19.5. The Morgan fingerprint density at radius 1 is 0.762 bits per heavy atom. The molecule has 80 heavy (non-hydrogen) atoms. The van der Waals surface area contributed by atoms with Crippen molar-refractivity contribution in [1.82, 2.24) is 14.7 Å². The number of amides is 1. The quantitative estimate of drug-likeness (QED) is 0.0488. The summed E-state index contributed by atoms with van der Waals surface area (Å²) in [6.45, 7) is 9.87. The van der Waals surface area contributed by atoms with E-state index in [-0.39, 0.29) is 43.8 Å². The smallest absolute Gasteiger partial charge is 0.416 e. The molecule has 0 spiro atoms. The van der Waals surface area contributed by atoms with Gasteiger partial charge in [-0.2, -0.15) is 36.1 Å². The van der Waals surface area contributed by atoms with E-state index in [4.69, 9.17) is 44.7 Å². The van der Waals surface area contributed by atoms with Gasteiger partial charge in [-0.25, -0.2) is 13.6 Å². The molecule has 31 heteroatoms. The van der Waals surface area contributed by atoms with Gasteiger partial charge in [-0.05, 0) is 86.8 Å². The summed E-state index contributed by atoms with van der Waals surface area (Å²) in [5.41, 5.74) is -2.75. The molecule has 0 radical (unpaired) electrons. The lowest BCUT2D eigenvalue weighted by molar-refractivity contribution is -0.393. The number of nitro benzene ring substituents is 3. The molecule has 6 rings (SSSR count). The normalized spacial score (nSPS) is 11.1. The van der Waals surface area contributed by atoms with Crippen LogP contribution in [0, 0.1) is 30.3 Å². The van der Waals surface area contributed by atoms with Crippen molar-refractivity contribution >= 4 is 90.3 Å². The van der Waals surface area contributed by atoms with E-state index in [1.165, 1.54) is 59.3 Å². The second-order valence-corrected chi connectivity index (χ2v) is 19.7. The van der Waals surface area contributed by atoms with Gasteiger partial charge in [0.15, 0.2) is 5.69 Å². The van der Waals surface area contributed by atoms with Crippen LogP contribution >= 0.6 is 46.6 Å². The second-order valence-electron chi connectivity index (χ2n) is 16.1. The average Bonchev–Trinajstić information content (AvgIpc) is 3.42. The number of nitrogens with two attached hydrogens (primary N) is 1. The summed E-state index contributed by atoms with van der Waals surface area (Å²) in [6.07, 6.45) is -6.48. The van der Waals surface area contributed by atoms with E-state index in [0.717, 1.165) is 70.8 Å². The molecule has 1 heterocycles. The number of nitro groups is 3. The Labute approximate surface area is 472 Å². The van der Waals surface area contributed by atoms with Crippen LogP contribution in [0.25, 0.3) is 5.69 Å². The minimum atomic E-state index is -4.49. The van der Waals surface area contributed by atoms with E-state index in [1.54, 1.807) is 7.05 Å². The zero-order valence-electron chi connectivity index (χ0n) is 42.8. The van der Waals surface area contributed by atoms with E-state index < -0.39 is 70.1 Å². The molecule has 0 aliphatic heterocycles. The molecule has 432 valence electrons. The number of rotatable bonds is 17. The zero-order valence-corrected chi connectivity index (χ0v) is 46.7. The highest BCUT2D eigenvalue weighted by molar-refractivity contribution is 8.12. The maximum absolute atomic E-state index is 12.6. The predicted molar refractivity (Wildman–Crippen MR) is 294 cm³/mol. The van der Waals surface area contributed by atoms with Gasteiger partial charge in [-0.15, -0.1) is 0 Å². The topological polar surface area (TPSA) is 269 Å². The fourth-order valence-electron chi connectivity index (χ4n) is 6.68. The lowest BCUT2D eigenvalue weighted by atomic mass is 10.2. The highest BCUT2D eigenvalue weighted by Gasteiger charge is 2.34. The van der Waals surface area contributed by atoms with Crippen molar-refractivity contribution in [1.29, 1.82) is 0 Å². The third-order valence-corrected chi connectivity index (χ3v) is 13.4. The monoisotopic (exact) mass is 1220 g/mol. The Hall–Kier alpha value is -7.24. The van der Waals surface area contributed by atoms with Crippen LogP contribution in [-0.4, -0.2) is 76.3 Å². The van der Waals surface area contributed by atoms with Crippen LogP contribution in [0.5, 0.6) is 11.5 Å². The van der Waals surface area contributed by atoms with Gasteiger partial charge in [0, 0.05) is 68.3 Å². The van der Waals surface area contributed by atoms with Gasteiger partial charge in [0.25, 0.3) is 16.5 Å². The second kappa shape index (κ2) is 30.4. The van der Waals surface area contributed by atoms with E-state index in [9.17, 15) is 74.7 Å². The molecule has 0 aliphatic rings. The standard InChI is InChI=1S/C13H7ClF3NO3.C12H9ClF3N3O.C12H16ClNOS.C12H18N4O6S/c14-11-7-8(13(15,16)17)1-6-12(11)21-10-4-2-9(3-5-10)18(19)20;1-17-9-6-18-19(11(20)10(9)13)8-4-2-3-7(5-8)12(14,15)16;1-3-14(4-2)12(15)16-9-10-7-5-6-8-11(10)13;1-3-5-14(6-4-2)12-10(15(17)18)7-9(23(13,21)22)8-11(12)16(19)20/h1-7H;2-6,17H,1H3;5-8H,3-4,9H2,1-2H3;7-8H,3-6H2,1-2H3,(H2,13,21,22). The number of benzene rings is 5. The van der Waals surface area contributed by atoms with Gasteiger partial charge in [0.05, 0.1) is 53.4 Å². The number of nitrogens with one attached hydrogen (secondary N) is 1. The van der Waals surface area contributed by atoms with Gasteiger partial charge in [-0.3, -0.25) is 39.9 Å². The number of ether oxygens (including phenoxy) is 1. The van der Waals surface area contributed by atoms with Crippen LogP contribution in [0.2, 0.25) is 15.1 Å². The van der Waals surface area contributed by atoms with Gasteiger partial charge in [0.2, 0.25) is 10.0 Å². The number of nitrogens with zero attached hydrogens (tertiary/aromatic N) is 7. The molecule has 20 nitrogen and oxygen atoms in total. The molecular weight excluding hydrogens is 1180 g/mol. The highest BCUT2D eigenvalue weighted by Crippen LogP contribution is 2.41. The number of alkyl halides is 6. The number of anilines is 2. The minimum absolute atomic E-state index is 0.00521. The molecule has 0 atom stereocenters. The Bertz CT molecular complexity index is 3260. The first kappa shape index (κ1) is 67.0. The number of carbonyl (C=O) groups excluding carboxylic acids is 1. The first-order valence-corrected chi connectivity index (χ1v) is 26.9. The number of aromatic nitrogens is 2. The summed E-state index contributed by atoms with van der Waals surface area (Å²) in [7, 11) is -2.76. The molecule has 0 bridgehead atoms. The van der Waals surface area contributed by atoms with E-state index >= 15 is 0 Å². The van der Waals surface area contributed by atoms with Crippen molar-refractivity contribution in [3.8, 4) is 17.2 Å². The summed E-state index contributed by atoms with van der Waals surface area (Å²) >= 11 is 18.9. The summed E-state index contributed by atoms with van der Waals surface area (Å²) in [5.74, 6) is 0.885. The van der Waals surface area contributed by atoms with Crippen LogP contribution in [0.1, 0.15) is 57.2 Å². The number of halogens is 9. The number of primary sulfonamides is 1. The Morgan fingerprint density at radius 2 is 1.31 bits per heavy atom. The molecule has 0 aliphatic carbocycles. The summed E-state index contributed by atoms with van der Waals surface area (Å²) in [6, 6.07) is 21.2. The van der Waals surface area contributed by atoms with Crippen LogP contribution in [0.15, 0.2) is 119 Å². The van der Waals surface area contributed by atoms with Gasteiger partial charge in [-0.1, -0.05) is 84.7 Å². The first-order chi connectivity index (χ1) is 37.4. The fraction of sp³-hybridized carbons (Fsp3) is 0.286. The first-order valence-electron chi connectivity index (χ1n) is 23.3. The number of hydrogen-bond acceptors (Lipinski definition) is 15. The molecule has 5 aromatic carbocycles. The fourth-order valence-corrected chi connectivity index (χ4v) is 8.92. The molecule has 3 N–H and O–H groups in total. The maximum atomic E-state index is 12.6. The van der Waals surface area contributed by atoms with Crippen LogP contribution in [0.3, 0.4) is 0 Å². The average molecular weight is 1230 g/mol. The number of sulfonamides is 1. The van der Waals surface area contributed by atoms with Crippen molar-refractivity contribution in [2.45, 2.75) is 63.5 Å². The number of thioether (sulfide) groups is 1. The van der Waals surface area contributed by atoms with Crippen molar-refractivity contribution in [3.05, 3.63) is 182 Å². The molecule has 0 unspecified atom stereocenters. The Balaban J connectivity index is 0.000000282. The lowest BCUT2D eigenvalue weighted by Gasteiger charge is -2.23. The van der Waals surface area contributed by atoms with E-state index in [0.29, 0.717) is 37.4 Å². The van der Waals surface area contributed by atoms with Crippen molar-refractivity contribution < 1.29 is 59.1 Å². The Kier molecular flexibility index (Phi) is 25.5. The molecule has 6 aromatic rings. The summed E-state index contributed by atoms with van der Waals surface area (Å²) in [4.78, 5) is 57.2. The minimum Gasteiger partial charge on any atom is -0.456 e.